The van der Waals surface area contributed by atoms with Gasteiger partial charge in [-0.25, -0.2) is 0 Å². The van der Waals surface area contributed by atoms with Crippen LogP contribution >= 0.6 is 0 Å². The van der Waals surface area contributed by atoms with Crippen LogP contribution in [0.2, 0.25) is 0 Å². The molecule has 0 aliphatic carbocycles. The Morgan fingerprint density at radius 2 is 1.20 bits per heavy atom. The number of hydrogen-bond acceptors (Lipinski definition) is 4. The molecule has 2 atom stereocenters. The van der Waals surface area contributed by atoms with E-state index in [4.69, 9.17) is 17.5 Å². The predicted octanol–water partition coefficient (Wildman–Crippen LogP) is -3.87. The molecule has 6 nitrogen and oxygen atoms in total. The van der Waals surface area contributed by atoms with Crippen molar-refractivity contribution in [2.45, 2.75) is 0 Å². The van der Waals surface area contributed by atoms with E-state index in [0.29, 0.717) is 0 Å². The van der Waals surface area contributed by atoms with Gasteiger partial charge >= 0.3 is 0 Å². The van der Waals surface area contributed by atoms with Crippen molar-refractivity contribution in [3.63, 3.8) is 0 Å². The minimum absolute atomic E-state index is 0.958. The maximum atomic E-state index is 9.09. The van der Waals surface area contributed by atoms with E-state index < -0.39 is 20.2 Å². The molecule has 0 aliphatic rings. The fourth-order valence-corrected chi connectivity index (χ4v) is 0. The monoisotopic (exact) mass is 190 g/mol. The molecule has 6 N–H and O–H groups in total. The third-order valence-electron chi connectivity index (χ3n) is 0.361. The summed E-state index contributed by atoms with van der Waals surface area (Å²) in [6, 6.07) is 0. The van der Waals surface area contributed by atoms with Gasteiger partial charge in [-0.1, -0.05) is 0 Å². The number of quaternary nitrogens is 2. The van der Waals surface area contributed by atoms with Gasteiger partial charge < -0.3 is 20.6 Å². The summed E-state index contributed by atoms with van der Waals surface area (Å²) in [5.41, 5.74) is 7.08. The SMILES string of the molecule is O=S([O-])S(=O)[O-].[NH3+]CC[NH3+]. The van der Waals surface area contributed by atoms with E-state index in [2.05, 4.69) is 11.5 Å². The average Bonchev–Trinajstić information content (AvgIpc) is 1.89. The highest BCUT2D eigenvalue weighted by Gasteiger charge is 1.69. The maximum Gasteiger partial charge on any atom is 0.124 e. The van der Waals surface area contributed by atoms with Crippen LogP contribution in [0.1, 0.15) is 0 Å². The summed E-state index contributed by atoms with van der Waals surface area (Å²) in [7, 11) is -5.90. The molecule has 0 rings (SSSR count). The second-order valence-electron chi connectivity index (χ2n) is 1.12. The molecular weight excluding hydrogens is 180 g/mol. The van der Waals surface area contributed by atoms with Gasteiger partial charge in [-0.3, -0.25) is 8.42 Å². The lowest BCUT2D eigenvalue weighted by Gasteiger charge is -2.04. The van der Waals surface area contributed by atoms with Gasteiger partial charge in [-0.05, 0) is 0 Å². The molecule has 0 radical (unpaired) electrons. The summed E-state index contributed by atoms with van der Waals surface area (Å²) < 4.78 is 36.3. The zero-order valence-electron chi connectivity index (χ0n) is 5.28. The van der Waals surface area contributed by atoms with Crippen molar-refractivity contribution in [2.75, 3.05) is 13.1 Å². The lowest BCUT2D eigenvalue weighted by Crippen LogP contribution is -2.64. The van der Waals surface area contributed by atoms with Crippen LogP contribution in [0.4, 0.5) is 0 Å². The van der Waals surface area contributed by atoms with Crippen LogP contribution in [0.15, 0.2) is 0 Å². The van der Waals surface area contributed by atoms with Crippen LogP contribution in [0.25, 0.3) is 0 Å². The van der Waals surface area contributed by atoms with Gasteiger partial charge in [0.05, 0.1) is 0 Å². The van der Waals surface area contributed by atoms with Crippen molar-refractivity contribution in [1.82, 2.24) is 0 Å². The molecule has 0 spiro atoms. The smallest absolute Gasteiger partial charge is 0.124 e. The molecule has 0 aromatic rings. The van der Waals surface area contributed by atoms with Crippen molar-refractivity contribution in [3.05, 3.63) is 0 Å². The van der Waals surface area contributed by atoms with Crippen LogP contribution < -0.4 is 11.5 Å². The summed E-state index contributed by atoms with van der Waals surface area (Å²) in [6.45, 7) is 1.92. The molecule has 0 heterocycles. The van der Waals surface area contributed by atoms with E-state index >= 15 is 0 Å². The quantitative estimate of drug-likeness (QED) is 0.340. The molecule has 0 aromatic carbocycles. The Bertz CT molecular complexity index is 104. The zero-order valence-corrected chi connectivity index (χ0v) is 6.91. The molecule has 64 valence electrons. The van der Waals surface area contributed by atoms with E-state index in [1.165, 1.54) is 0 Å². The lowest BCUT2D eigenvalue weighted by atomic mass is 10.7. The van der Waals surface area contributed by atoms with Crippen LogP contribution in [-0.4, -0.2) is 30.6 Å². The molecule has 8 heteroatoms. The second-order valence-corrected chi connectivity index (χ2v) is 3.56. The first-order chi connectivity index (χ1) is 4.56. The molecule has 0 fully saturated rings. The lowest BCUT2D eigenvalue weighted by molar-refractivity contribution is -0.453. The van der Waals surface area contributed by atoms with Gasteiger partial charge in [-0.2, -0.15) is 0 Å². The Balaban J connectivity index is 0. The first kappa shape index (κ1) is 12.8. The topological polar surface area (TPSA) is 136 Å². The Kier molecular flexibility index (Phi) is 11.7. The summed E-state index contributed by atoms with van der Waals surface area (Å²) in [4.78, 5) is 0. The van der Waals surface area contributed by atoms with Gasteiger partial charge in [0.2, 0.25) is 0 Å². The normalized spacial score (nSPS) is 14.8. The van der Waals surface area contributed by atoms with Crippen LogP contribution in [0, 0.1) is 0 Å². The minimum Gasteiger partial charge on any atom is -0.763 e. The molecule has 0 aliphatic heterocycles. The Labute approximate surface area is 62.9 Å². The van der Waals surface area contributed by atoms with Gasteiger partial charge in [0.1, 0.15) is 13.1 Å². The van der Waals surface area contributed by atoms with E-state index in [0.717, 1.165) is 13.1 Å². The second kappa shape index (κ2) is 9.14. The Morgan fingerprint density at radius 3 is 1.20 bits per heavy atom. The van der Waals surface area contributed by atoms with Crippen molar-refractivity contribution in [2.24, 2.45) is 0 Å². The molecule has 0 saturated carbocycles. The van der Waals surface area contributed by atoms with E-state index in [1.807, 2.05) is 0 Å². The first-order valence-corrected chi connectivity index (χ1v) is 5.00. The van der Waals surface area contributed by atoms with E-state index in [-0.39, 0.29) is 0 Å². The number of rotatable bonds is 2. The average molecular weight is 190 g/mol. The third kappa shape index (κ3) is 15.7. The van der Waals surface area contributed by atoms with Crippen molar-refractivity contribution < 1.29 is 29.0 Å². The zero-order chi connectivity index (χ0) is 8.57. The highest BCUT2D eigenvalue weighted by molar-refractivity contribution is 8.56. The minimum atomic E-state index is -2.95. The maximum absolute atomic E-state index is 9.09. The molecule has 0 aromatic heterocycles. The standard InChI is InChI=1S/C2H8N2.H2O4S2/c3-1-2-4;1-5(2)6(3)4/h1-4H2;(H,1,2)(H,3,4). The third-order valence-corrected chi connectivity index (χ3v) is 1.25. The van der Waals surface area contributed by atoms with Crippen molar-refractivity contribution in [1.29, 1.82) is 0 Å². The first-order valence-electron chi connectivity index (χ1n) is 2.33. The molecular formula is C2H10N2O4S2. The largest absolute Gasteiger partial charge is 0.763 e. The van der Waals surface area contributed by atoms with Gasteiger partial charge in [0.15, 0.2) is 0 Å². The summed E-state index contributed by atoms with van der Waals surface area (Å²) >= 11 is 0. The molecule has 2 unspecified atom stereocenters. The Hall–Kier alpha value is 0.140. The van der Waals surface area contributed by atoms with Gasteiger partial charge in [0.25, 0.3) is 0 Å². The van der Waals surface area contributed by atoms with Crippen LogP contribution in [0.5, 0.6) is 0 Å². The molecule has 10 heavy (non-hydrogen) atoms. The summed E-state index contributed by atoms with van der Waals surface area (Å²) in [5.74, 6) is 0. The van der Waals surface area contributed by atoms with Crippen LogP contribution in [0.3, 0.4) is 0 Å². The van der Waals surface area contributed by atoms with Crippen molar-refractivity contribution >= 4 is 20.2 Å². The van der Waals surface area contributed by atoms with Gasteiger partial charge in [0, 0.05) is 20.2 Å². The van der Waals surface area contributed by atoms with E-state index in [1.54, 1.807) is 0 Å². The van der Waals surface area contributed by atoms with E-state index in [9.17, 15) is 0 Å². The molecule has 0 saturated heterocycles. The molecule has 0 bridgehead atoms. The summed E-state index contributed by atoms with van der Waals surface area (Å²) in [5, 5.41) is 0. The Morgan fingerprint density at radius 1 is 1.00 bits per heavy atom. The fraction of sp³-hybridized carbons (Fsp3) is 1.00. The van der Waals surface area contributed by atoms with Crippen molar-refractivity contribution in [3.8, 4) is 0 Å². The highest BCUT2D eigenvalue weighted by atomic mass is 33.2. The summed E-state index contributed by atoms with van der Waals surface area (Å²) in [6.07, 6.45) is 0. The number of hydrogen-bond donors (Lipinski definition) is 2. The highest BCUT2D eigenvalue weighted by Crippen LogP contribution is 1.73. The van der Waals surface area contributed by atoms with Gasteiger partial charge in [-0.15, -0.1) is 0 Å². The molecule has 0 amide bonds. The fourth-order valence-electron chi connectivity index (χ4n) is 0. The predicted molar refractivity (Wildman–Crippen MR) is 33.3 cm³/mol. The van der Waals surface area contributed by atoms with Crippen LogP contribution in [-0.2, 0) is 20.2 Å².